The number of anilines is 1. The fraction of sp³-hybridized carbons (Fsp3) is 0.405. The molecule has 51 heavy (non-hydrogen) atoms. The number of rotatable bonds is 10. The summed E-state index contributed by atoms with van der Waals surface area (Å²) in [6, 6.07) is 10.4. The highest BCUT2D eigenvalue weighted by Gasteiger charge is 2.31. The molecule has 2 aliphatic rings. The lowest BCUT2D eigenvalue weighted by Crippen LogP contribution is -2.47. The van der Waals surface area contributed by atoms with Crippen LogP contribution in [0.2, 0.25) is 10.0 Å². The molecule has 2 aromatic carbocycles. The zero-order valence-electron chi connectivity index (χ0n) is 29.1. The summed E-state index contributed by atoms with van der Waals surface area (Å²) in [4.78, 5) is 39.0. The van der Waals surface area contributed by atoms with Gasteiger partial charge in [-0.2, -0.15) is 0 Å². The monoisotopic (exact) mass is 737 g/mol. The lowest BCUT2D eigenvalue weighted by atomic mass is 10.00. The molecule has 6 rings (SSSR count). The van der Waals surface area contributed by atoms with Gasteiger partial charge in [-0.25, -0.2) is 9.37 Å². The van der Waals surface area contributed by atoms with E-state index in [4.69, 9.17) is 32.9 Å². The number of aliphatic hydroxyl groups is 1. The van der Waals surface area contributed by atoms with Crippen molar-refractivity contribution in [2.24, 2.45) is 7.05 Å². The van der Waals surface area contributed by atoms with E-state index in [0.717, 1.165) is 50.3 Å². The summed E-state index contributed by atoms with van der Waals surface area (Å²) in [5, 5.41) is 16.0. The van der Waals surface area contributed by atoms with Crippen LogP contribution in [0.1, 0.15) is 54.3 Å². The summed E-state index contributed by atoms with van der Waals surface area (Å²) < 4.78 is 22.7. The second kappa shape index (κ2) is 15.7. The van der Waals surface area contributed by atoms with Gasteiger partial charge in [0.2, 0.25) is 5.91 Å². The Labute approximate surface area is 306 Å². The van der Waals surface area contributed by atoms with Crippen LogP contribution < -0.4 is 15.4 Å². The Morgan fingerprint density at radius 2 is 1.86 bits per heavy atom. The topological polar surface area (TPSA) is 125 Å². The molecule has 0 spiro atoms. The molecular formula is C37H42Cl2FN7O4. The van der Waals surface area contributed by atoms with Gasteiger partial charge in [0.05, 0.1) is 40.3 Å². The molecule has 11 nitrogen and oxygen atoms in total. The van der Waals surface area contributed by atoms with Crippen molar-refractivity contribution in [1.82, 2.24) is 29.7 Å². The maximum absolute atomic E-state index is 15.4. The summed E-state index contributed by atoms with van der Waals surface area (Å²) in [7, 11) is 3.31. The standard InChI is InChI=1S/C37H42Cl2FN7O4/c1-21(48)18-41-19-27-28(40)16-23(17-32(27)51-4)35-34(39)26(8-12-42-35)25-6-5-7-29(33(25)38)44-37(50)36-43-30-20-47(15-11-31(30)45(36)3)24-9-13-46(14-10-24)22(2)49/h5-8,12,16-17,21,24,41,48H,9-11,13-15,18-20H2,1-4H3,(H,44,50). The van der Waals surface area contributed by atoms with E-state index < -0.39 is 11.9 Å². The molecule has 1 saturated heterocycles. The highest BCUT2D eigenvalue weighted by Crippen LogP contribution is 2.41. The molecule has 0 saturated carbocycles. The smallest absolute Gasteiger partial charge is 0.291 e. The summed E-state index contributed by atoms with van der Waals surface area (Å²) >= 11 is 13.9. The molecule has 0 radical (unpaired) electrons. The number of aromatic nitrogens is 3. The molecule has 270 valence electrons. The molecule has 2 aromatic heterocycles. The number of imidazole rings is 1. The van der Waals surface area contributed by atoms with Crippen molar-refractivity contribution in [2.45, 2.75) is 58.3 Å². The second-order valence-corrected chi connectivity index (χ2v) is 13.9. The third-order valence-corrected chi connectivity index (χ3v) is 10.5. The lowest BCUT2D eigenvalue weighted by molar-refractivity contribution is -0.130. The fourth-order valence-electron chi connectivity index (χ4n) is 6.98. The first kappa shape index (κ1) is 36.7. The van der Waals surface area contributed by atoms with E-state index in [1.807, 2.05) is 16.5 Å². The van der Waals surface area contributed by atoms with Crippen molar-refractivity contribution in [3.63, 3.8) is 0 Å². The molecule has 1 fully saturated rings. The number of benzene rings is 2. The van der Waals surface area contributed by atoms with E-state index in [1.54, 1.807) is 50.4 Å². The Bertz CT molecular complexity index is 1940. The number of hydrogen-bond donors (Lipinski definition) is 3. The number of hydrogen-bond acceptors (Lipinski definition) is 8. The molecule has 2 aliphatic heterocycles. The van der Waals surface area contributed by atoms with Gasteiger partial charge >= 0.3 is 0 Å². The minimum absolute atomic E-state index is 0.118. The summed E-state index contributed by atoms with van der Waals surface area (Å²) in [6.45, 7) is 6.76. The number of halogens is 3. The third-order valence-electron chi connectivity index (χ3n) is 9.73. The first-order valence-electron chi connectivity index (χ1n) is 17.0. The Kier molecular flexibility index (Phi) is 11.3. The van der Waals surface area contributed by atoms with Crippen LogP contribution in [0.15, 0.2) is 42.6 Å². The van der Waals surface area contributed by atoms with Crippen LogP contribution in [-0.4, -0.2) is 86.7 Å². The number of likely N-dealkylation sites (tertiary alicyclic amines) is 1. The van der Waals surface area contributed by atoms with Gasteiger partial charge in [-0.05, 0) is 44.0 Å². The molecule has 3 N–H and O–H groups in total. The van der Waals surface area contributed by atoms with Crippen LogP contribution in [0, 0.1) is 5.82 Å². The van der Waals surface area contributed by atoms with Crippen molar-refractivity contribution >= 4 is 40.7 Å². The number of nitrogens with zero attached hydrogens (tertiary/aromatic N) is 5. The Morgan fingerprint density at radius 1 is 1.12 bits per heavy atom. The largest absolute Gasteiger partial charge is 0.496 e. The number of fused-ring (bicyclic) bond motifs is 1. The number of ether oxygens (including phenoxy) is 1. The van der Waals surface area contributed by atoms with Crippen LogP contribution in [0.5, 0.6) is 5.75 Å². The number of carbonyl (C=O) groups excluding carboxylic acids is 2. The summed E-state index contributed by atoms with van der Waals surface area (Å²) in [5.41, 5.74) is 4.47. The van der Waals surface area contributed by atoms with Gasteiger partial charge in [-0.1, -0.05) is 35.3 Å². The Balaban J connectivity index is 1.21. The number of aliphatic hydroxyl groups excluding tert-OH is 1. The fourth-order valence-corrected chi connectivity index (χ4v) is 7.58. The van der Waals surface area contributed by atoms with Crippen LogP contribution in [0.3, 0.4) is 0 Å². The van der Waals surface area contributed by atoms with Gasteiger partial charge in [0.15, 0.2) is 5.82 Å². The molecule has 14 heteroatoms. The number of carbonyl (C=O) groups is 2. The van der Waals surface area contributed by atoms with Gasteiger partial charge in [0.25, 0.3) is 5.91 Å². The number of nitrogens with one attached hydrogen (secondary N) is 2. The first-order chi connectivity index (χ1) is 24.5. The predicted octanol–water partition coefficient (Wildman–Crippen LogP) is 5.70. The molecule has 0 aliphatic carbocycles. The second-order valence-electron chi connectivity index (χ2n) is 13.1. The number of amides is 2. The van der Waals surface area contributed by atoms with Crippen LogP contribution in [0.4, 0.5) is 10.1 Å². The lowest BCUT2D eigenvalue weighted by Gasteiger charge is -2.39. The molecule has 0 bridgehead atoms. The van der Waals surface area contributed by atoms with Crippen molar-refractivity contribution in [3.05, 3.63) is 81.2 Å². The number of pyridine rings is 1. The molecule has 1 unspecified atom stereocenters. The molecule has 1 atom stereocenters. The first-order valence-corrected chi connectivity index (χ1v) is 17.8. The van der Waals surface area contributed by atoms with Gasteiger partial charge in [-0.15, -0.1) is 0 Å². The van der Waals surface area contributed by atoms with Gasteiger partial charge < -0.3 is 29.9 Å². The van der Waals surface area contributed by atoms with Gasteiger partial charge in [0.1, 0.15) is 11.6 Å². The quantitative estimate of drug-likeness (QED) is 0.190. The van der Waals surface area contributed by atoms with E-state index >= 15 is 4.39 Å². The van der Waals surface area contributed by atoms with Crippen LogP contribution in [-0.2, 0) is 31.4 Å². The normalized spacial score (nSPS) is 15.8. The van der Waals surface area contributed by atoms with E-state index in [1.165, 1.54) is 13.2 Å². The maximum Gasteiger partial charge on any atom is 0.291 e. The Hall–Kier alpha value is -4.07. The van der Waals surface area contributed by atoms with Gasteiger partial charge in [-0.3, -0.25) is 19.5 Å². The summed E-state index contributed by atoms with van der Waals surface area (Å²) in [6.07, 6.45) is 3.61. The Morgan fingerprint density at radius 3 is 2.57 bits per heavy atom. The predicted molar refractivity (Wildman–Crippen MR) is 196 cm³/mol. The zero-order chi connectivity index (χ0) is 36.4. The van der Waals surface area contributed by atoms with E-state index in [2.05, 4.69) is 20.5 Å². The number of methoxy groups -OCH3 is 1. The average molecular weight is 739 g/mol. The van der Waals surface area contributed by atoms with E-state index in [0.29, 0.717) is 64.3 Å². The molecule has 4 heterocycles. The van der Waals surface area contributed by atoms with Crippen molar-refractivity contribution in [1.29, 1.82) is 0 Å². The van der Waals surface area contributed by atoms with Crippen molar-refractivity contribution in [2.75, 3.05) is 38.6 Å². The zero-order valence-corrected chi connectivity index (χ0v) is 30.6. The molecular weight excluding hydrogens is 696 g/mol. The third kappa shape index (κ3) is 7.75. The maximum atomic E-state index is 15.4. The van der Waals surface area contributed by atoms with Gasteiger partial charge in [0, 0.05) is 99.8 Å². The van der Waals surface area contributed by atoms with E-state index in [9.17, 15) is 14.7 Å². The number of piperidine rings is 1. The average Bonchev–Trinajstić information content (AvgIpc) is 3.45. The van der Waals surface area contributed by atoms with Crippen molar-refractivity contribution in [3.8, 4) is 28.1 Å². The minimum Gasteiger partial charge on any atom is -0.496 e. The molecule has 4 aromatic rings. The minimum atomic E-state index is -0.579. The van der Waals surface area contributed by atoms with Crippen LogP contribution >= 0.6 is 23.2 Å². The molecule has 2 amide bonds. The van der Waals surface area contributed by atoms with Crippen LogP contribution in [0.25, 0.3) is 22.4 Å². The van der Waals surface area contributed by atoms with Crippen molar-refractivity contribution < 1.29 is 23.8 Å². The SMILES string of the molecule is COc1cc(-c2nccc(-c3cccc(NC(=O)c4nc5c(n4C)CCN(C4CCN(C(C)=O)CC4)C5)c3Cl)c2Cl)cc(F)c1CNCC(C)O. The van der Waals surface area contributed by atoms with E-state index in [-0.39, 0.29) is 28.4 Å². The highest BCUT2D eigenvalue weighted by molar-refractivity contribution is 6.39. The summed E-state index contributed by atoms with van der Waals surface area (Å²) in [5.74, 6) is -0.175. The highest BCUT2D eigenvalue weighted by atomic mass is 35.5.